The molecular weight excluding hydrogens is 208 g/mol. The summed E-state index contributed by atoms with van der Waals surface area (Å²) >= 11 is 0. The van der Waals surface area contributed by atoms with Gasteiger partial charge in [0, 0.05) is 12.8 Å². The normalized spacial score (nSPS) is 29.5. The molecule has 17 heavy (non-hydrogen) atoms. The first-order chi connectivity index (χ1) is 8.29. The largest absolute Gasteiger partial charge is 0.299 e. The SMILES string of the molecule is CCCCCC1CCC(C2=CCC(=O)C2)CC1. The van der Waals surface area contributed by atoms with Gasteiger partial charge >= 0.3 is 0 Å². The van der Waals surface area contributed by atoms with Gasteiger partial charge in [0.05, 0.1) is 0 Å². The van der Waals surface area contributed by atoms with E-state index < -0.39 is 0 Å². The maximum atomic E-state index is 11.3. The van der Waals surface area contributed by atoms with Gasteiger partial charge in [-0.3, -0.25) is 4.79 Å². The smallest absolute Gasteiger partial charge is 0.140 e. The highest BCUT2D eigenvalue weighted by molar-refractivity contribution is 5.85. The van der Waals surface area contributed by atoms with Crippen LogP contribution in [0.25, 0.3) is 0 Å². The van der Waals surface area contributed by atoms with Crippen molar-refractivity contribution in [2.24, 2.45) is 11.8 Å². The lowest BCUT2D eigenvalue weighted by Gasteiger charge is -2.29. The van der Waals surface area contributed by atoms with Crippen LogP contribution in [0, 0.1) is 11.8 Å². The Morgan fingerprint density at radius 2 is 1.94 bits per heavy atom. The lowest BCUT2D eigenvalue weighted by atomic mass is 9.76. The van der Waals surface area contributed by atoms with Crippen molar-refractivity contribution in [1.29, 1.82) is 0 Å². The molecular formula is C16H26O. The molecule has 2 aliphatic rings. The van der Waals surface area contributed by atoms with Gasteiger partial charge in [-0.2, -0.15) is 0 Å². The summed E-state index contributed by atoms with van der Waals surface area (Å²) in [6.45, 7) is 2.28. The predicted molar refractivity (Wildman–Crippen MR) is 71.9 cm³/mol. The summed E-state index contributed by atoms with van der Waals surface area (Å²) < 4.78 is 0. The van der Waals surface area contributed by atoms with Gasteiger partial charge in [0.1, 0.15) is 5.78 Å². The van der Waals surface area contributed by atoms with E-state index in [-0.39, 0.29) is 0 Å². The van der Waals surface area contributed by atoms with Crippen molar-refractivity contribution in [2.75, 3.05) is 0 Å². The summed E-state index contributed by atoms with van der Waals surface area (Å²) in [4.78, 5) is 11.3. The van der Waals surface area contributed by atoms with Gasteiger partial charge in [0.15, 0.2) is 0 Å². The highest BCUT2D eigenvalue weighted by atomic mass is 16.1. The molecule has 1 nitrogen and oxygen atoms in total. The molecule has 0 radical (unpaired) electrons. The average molecular weight is 234 g/mol. The van der Waals surface area contributed by atoms with E-state index in [0.717, 1.165) is 18.3 Å². The topological polar surface area (TPSA) is 17.1 Å². The molecule has 2 rings (SSSR count). The number of Topliss-reactive ketones (excluding diaryl/α,β-unsaturated/α-hetero) is 1. The fourth-order valence-electron chi connectivity index (χ4n) is 3.43. The molecule has 0 aromatic carbocycles. The van der Waals surface area contributed by atoms with Crippen LogP contribution in [0.3, 0.4) is 0 Å². The Kier molecular flexibility index (Phi) is 4.82. The fourth-order valence-corrected chi connectivity index (χ4v) is 3.43. The third-order valence-electron chi connectivity index (χ3n) is 4.58. The standard InChI is InChI=1S/C16H26O/c1-2-3-4-5-13-6-8-14(9-7-13)15-10-11-16(17)12-15/h10,13-14H,2-9,11-12H2,1H3. The summed E-state index contributed by atoms with van der Waals surface area (Å²) in [6.07, 6.45) is 14.8. The molecule has 1 fully saturated rings. The van der Waals surface area contributed by atoms with E-state index in [9.17, 15) is 4.79 Å². The van der Waals surface area contributed by atoms with Crippen LogP contribution in [0.15, 0.2) is 11.6 Å². The van der Waals surface area contributed by atoms with Crippen molar-refractivity contribution in [3.8, 4) is 0 Å². The number of carbonyl (C=O) groups is 1. The van der Waals surface area contributed by atoms with E-state index in [4.69, 9.17) is 0 Å². The minimum Gasteiger partial charge on any atom is -0.299 e. The van der Waals surface area contributed by atoms with E-state index in [1.165, 1.54) is 56.9 Å². The van der Waals surface area contributed by atoms with Crippen LogP contribution in [0.1, 0.15) is 71.1 Å². The molecule has 0 saturated heterocycles. The molecule has 0 aromatic rings. The Bertz CT molecular complexity index is 282. The summed E-state index contributed by atoms with van der Waals surface area (Å²) in [6, 6.07) is 0. The van der Waals surface area contributed by atoms with Crippen LogP contribution in [0.5, 0.6) is 0 Å². The second kappa shape index (κ2) is 6.37. The summed E-state index contributed by atoms with van der Waals surface area (Å²) in [5.74, 6) is 2.17. The van der Waals surface area contributed by atoms with Gasteiger partial charge in [-0.25, -0.2) is 0 Å². The molecule has 0 N–H and O–H groups in total. The van der Waals surface area contributed by atoms with Crippen molar-refractivity contribution in [3.05, 3.63) is 11.6 Å². The molecule has 0 unspecified atom stereocenters. The quantitative estimate of drug-likeness (QED) is 0.499. The Balaban J connectivity index is 1.69. The first-order valence-electron chi connectivity index (χ1n) is 7.50. The van der Waals surface area contributed by atoms with Crippen molar-refractivity contribution < 1.29 is 4.79 Å². The van der Waals surface area contributed by atoms with E-state index >= 15 is 0 Å². The molecule has 96 valence electrons. The molecule has 0 amide bonds. The molecule has 2 aliphatic carbocycles. The lowest BCUT2D eigenvalue weighted by Crippen LogP contribution is -2.16. The molecule has 0 bridgehead atoms. The van der Waals surface area contributed by atoms with Crippen LogP contribution in [0.4, 0.5) is 0 Å². The number of allylic oxidation sites excluding steroid dienone is 2. The van der Waals surface area contributed by atoms with E-state index in [1.807, 2.05) is 0 Å². The second-order valence-electron chi connectivity index (χ2n) is 5.91. The maximum absolute atomic E-state index is 11.3. The maximum Gasteiger partial charge on any atom is 0.140 e. The predicted octanol–water partition coefficient (Wildman–Crippen LogP) is 4.66. The van der Waals surface area contributed by atoms with E-state index in [1.54, 1.807) is 0 Å². The van der Waals surface area contributed by atoms with Gasteiger partial charge in [0.2, 0.25) is 0 Å². The molecule has 0 heterocycles. The molecule has 0 aromatic heterocycles. The molecule has 0 atom stereocenters. The first kappa shape index (κ1) is 12.9. The summed E-state index contributed by atoms with van der Waals surface area (Å²) in [7, 11) is 0. The highest BCUT2D eigenvalue weighted by Gasteiger charge is 2.26. The Morgan fingerprint density at radius 1 is 1.18 bits per heavy atom. The van der Waals surface area contributed by atoms with Crippen molar-refractivity contribution in [3.63, 3.8) is 0 Å². The van der Waals surface area contributed by atoms with Gasteiger partial charge in [-0.1, -0.05) is 44.3 Å². The van der Waals surface area contributed by atoms with Gasteiger partial charge in [-0.05, 0) is 37.5 Å². The van der Waals surface area contributed by atoms with Crippen LogP contribution < -0.4 is 0 Å². The average Bonchev–Trinajstić information content (AvgIpc) is 2.77. The first-order valence-corrected chi connectivity index (χ1v) is 7.50. The fraction of sp³-hybridized carbons (Fsp3) is 0.812. The number of rotatable bonds is 5. The minimum atomic E-state index is 0.435. The molecule has 1 saturated carbocycles. The third kappa shape index (κ3) is 3.69. The van der Waals surface area contributed by atoms with E-state index in [2.05, 4.69) is 13.0 Å². The number of ketones is 1. The van der Waals surface area contributed by atoms with Gasteiger partial charge in [0.25, 0.3) is 0 Å². The van der Waals surface area contributed by atoms with Crippen LogP contribution in [0.2, 0.25) is 0 Å². The zero-order valence-corrected chi connectivity index (χ0v) is 11.2. The Labute approximate surface area is 106 Å². The number of hydrogen-bond donors (Lipinski definition) is 0. The second-order valence-corrected chi connectivity index (χ2v) is 5.91. The number of unbranched alkanes of at least 4 members (excludes halogenated alkanes) is 2. The highest BCUT2D eigenvalue weighted by Crippen LogP contribution is 2.38. The lowest BCUT2D eigenvalue weighted by molar-refractivity contribution is -0.117. The van der Waals surface area contributed by atoms with E-state index in [0.29, 0.717) is 12.2 Å². The minimum absolute atomic E-state index is 0.435. The zero-order chi connectivity index (χ0) is 12.1. The monoisotopic (exact) mass is 234 g/mol. The van der Waals surface area contributed by atoms with Crippen molar-refractivity contribution >= 4 is 5.78 Å². The van der Waals surface area contributed by atoms with Crippen molar-refractivity contribution in [2.45, 2.75) is 71.1 Å². The Hall–Kier alpha value is -0.590. The number of hydrogen-bond acceptors (Lipinski definition) is 1. The molecule has 0 aliphatic heterocycles. The van der Waals surface area contributed by atoms with Crippen molar-refractivity contribution in [1.82, 2.24) is 0 Å². The summed E-state index contributed by atoms with van der Waals surface area (Å²) in [5.41, 5.74) is 1.47. The van der Waals surface area contributed by atoms with Crippen LogP contribution in [-0.4, -0.2) is 5.78 Å². The van der Waals surface area contributed by atoms with Crippen LogP contribution in [-0.2, 0) is 4.79 Å². The Morgan fingerprint density at radius 3 is 2.53 bits per heavy atom. The van der Waals surface area contributed by atoms with Gasteiger partial charge in [-0.15, -0.1) is 0 Å². The summed E-state index contributed by atoms with van der Waals surface area (Å²) in [5, 5.41) is 0. The molecule has 1 heteroatoms. The molecule has 0 spiro atoms. The third-order valence-corrected chi connectivity index (χ3v) is 4.58. The zero-order valence-electron chi connectivity index (χ0n) is 11.2. The number of carbonyl (C=O) groups excluding carboxylic acids is 1. The van der Waals surface area contributed by atoms with Gasteiger partial charge < -0.3 is 0 Å². The van der Waals surface area contributed by atoms with Crippen LogP contribution >= 0.6 is 0 Å².